The predicted molar refractivity (Wildman–Crippen MR) is 95.1 cm³/mol. The van der Waals surface area contributed by atoms with Crippen molar-refractivity contribution >= 4 is 5.91 Å². The van der Waals surface area contributed by atoms with E-state index in [4.69, 9.17) is 14.2 Å². The molecule has 2 aliphatic rings. The number of fused-ring (bicyclic) bond motifs is 3. The van der Waals surface area contributed by atoms with Gasteiger partial charge < -0.3 is 19.1 Å². The largest absolute Gasteiger partial charge is 0.488 e. The number of hydrogen-bond acceptors (Lipinski definition) is 5. The smallest absolute Gasteiger partial charge is 0.272 e. The highest BCUT2D eigenvalue weighted by Gasteiger charge is 2.30. The van der Waals surface area contributed by atoms with Gasteiger partial charge in [-0.2, -0.15) is 5.10 Å². The minimum Gasteiger partial charge on any atom is -0.488 e. The van der Waals surface area contributed by atoms with E-state index >= 15 is 0 Å². The van der Waals surface area contributed by atoms with Crippen molar-refractivity contribution in [1.82, 2.24) is 15.1 Å². The first-order valence-corrected chi connectivity index (χ1v) is 8.97. The Hall–Kier alpha value is -2.38. The average Bonchev–Trinajstić information content (AvgIpc) is 3.13. The third-order valence-electron chi connectivity index (χ3n) is 4.97. The number of aromatic amines is 1. The Labute approximate surface area is 152 Å². The number of nitrogens with zero attached hydrogens (tertiary/aromatic N) is 2. The van der Waals surface area contributed by atoms with Crippen molar-refractivity contribution in [3.8, 4) is 17.0 Å². The zero-order valence-electron chi connectivity index (χ0n) is 14.9. The third-order valence-corrected chi connectivity index (χ3v) is 4.97. The quantitative estimate of drug-likeness (QED) is 0.831. The van der Waals surface area contributed by atoms with Gasteiger partial charge in [-0.25, -0.2) is 0 Å². The molecule has 0 atom stereocenters. The van der Waals surface area contributed by atoms with Gasteiger partial charge in [0.05, 0.1) is 19.3 Å². The van der Waals surface area contributed by atoms with Crippen LogP contribution in [0.4, 0.5) is 0 Å². The van der Waals surface area contributed by atoms with Crippen LogP contribution in [0.25, 0.3) is 11.3 Å². The van der Waals surface area contributed by atoms with Crippen molar-refractivity contribution in [3.05, 3.63) is 35.5 Å². The number of amides is 1. The topological polar surface area (TPSA) is 76.7 Å². The van der Waals surface area contributed by atoms with Gasteiger partial charge in [-0.1, -0.05) is 12.1 Å². The van der Waals surface area contributed by atoms with Crippen molar-refractivity contribution in [3.63, 3.8) is 0 Å². The lowest BCUT2D eigenvalue weighted by atomic mass is 10.0. The molecule has 0 aliphatic carbocycles. The van der Waals surface area contributed by atoms with E-state index in [1.807, 2.05) is 29.2 Å². The van der Waals surface area contributed by atoms with Gasteiger partial charge in [-0.05, 0) is 25.0 Å². The number of benzene rings is 1. The second-order valence-corrected chi connectivity index (χ2v) is 6.57. The van der Waals surface area contributed by atoms with E-state index in [0.717, 1.165) is 35.4 Å². The van der Waals surface area contributed by atoms with Crippen molar-refractivity contribution in [1.29, 1.82) is 0 Å². The number of piperidine rings is 1. The highest BCUT2D eigenvalue weighted by molar-refractivity contribution is 5.96. The van der Waals surface area contributed by atoms with E-state index < -0.39 is 0 Å². The van der Waals surface area contributed by atoms with Crippen LogP contribution < -0.4 is 4.74 Å². The summed E-state index contributed by atoms with van der Waals surface area (Å²) in [6.07, 6.45) is 1.87. The van der Waals surface area contributed by atoms with Crippen molar-refractivity contribution in [2.75, 3.05) is 33.4 Å². The lowest BCUT2D eigenvalue weighted by molar-refractivity contribution is -0.0123. The summed E-state index contributed by atoms with van der Waals surface area (Å²) in [6, 6.07) is 7.76. The number of likely N-dealkylation sites (tertiary alicyclic amines) is 1. The van der Waals surface area contributed by atoms with E-state index in [2.05, 4.69) is 10.2 Å². The lowest BCUT2D eigenvalue weighted by Gasteiger charge is -2.32. The van der Waals surface area contributed by atoms with Crippen LogP contribution in [0.1, 0.15) is 28.9 Å². The Morgan fingerprint density at radius 3 is 2.92 bits per heavy atom. The molecule has 4 rings (SSSR count). The molecular formula is C19H23N3O4. The number of carbonyl (C=O) groups is 1. The van der Waals surface area contributed by atoms with E-state index in [1.165, 1.54) is 0 Å². The molecule has 1 amide bonds. The molecule has 138 valence electrons. The van der Waals surface area contributed by atoms with Crippen LogP contribution in [0.3, 0.4) is 0 Å². The van der Waals surface area contributed by atoms with Crippen LogP contribution in [-0.4, -0.2) is 60.5 Å². The zero-order valence-corrected chi connectivity index (χ0v) is 14.9. The highest BCUT2D eigenvalue weighted by atomic mass is 16.5. The molecule has 7 heteroatoms. The van der Waals surface area contributed by atoms with Crippen molar-refractivity contribution < 1.29 is 19.0 Å². The fourth-order valence-corrected chi connectivity index (χ4v) is 3.53. The second kappa shape index (κ2) is 7.47. The minimum absolute atomic E-state index is 0.0166. The Bertz CT molecular complexity index is 781. The SMILES string of the molecule is COCCOC1CCN(C(=O)c2[nH]nc3c2COc2ccccc2-3)CC1. The number of hydrogen-bond donors (Lipinski definition) is 1. The van der Waals surface area contributed by atoms with Crippen molar-refractivity contribution in [2.45, 2.75) is 25.6 Å². The van der Waals surface area contributed by atoms with E-state index in [1.54, 1.807) is 7.11 Å². The maximum absolute atomic E-state index is 13.0. The molecule has 0 bridgehead atoms. The van der Waals surface area contributed by atoms with Crippen LogP contribution in [0, 0.1) is 0 Å². The van der Waals surface area contributed by atoms with Crippen LogP contribution in [-0.2, 0) is 16.1 Å². The Kier molecular flexibility index (Phi) is 4.90. The number of aromatic nitrogens is 2. The molecule has 26 heavy (non-hydrogen) atoms. The van der Waals surface area contributed by atoms with Crippen LogP contribution in [0.5, 0.6) is 5.75 Å². The predicted octanol–water partition coefficient (Wildman–Crippen LogP) is 2.24. The fourth-order valence-electron chi connectivity index (χ4n) is 3.53. The number of methoxy groups -OCH3 is 1. The Morgan fingerprint density at radius 2 is 2.12 bits per heavy atom. The first kappa shape index (κ1) is 17.1. The minimum atomic E-state index is -0.0166. The maximum atomic E-state index is 13.0. The van der Waals surface area contributed by atoms with E-state index in [9.17, 15) is 4.79 Å². The van der Waals surface area contributed by atoms with E-state index in [-0.39, 0.29) is 12.0 Å². The summed E-state index contributed by atoms with van der Waals surface area (Å²) in [4.78, 5) is 14.8. The van der Waals surface area contributed by atoms with Crippen LogP contribution >= 0.6 is 0 Å². The first-order chi connectivity index (χ1) is 12.8. The number of H-pyrrole nitrogens is 1. The van der Waals surface area contributed by atoms with Gasteiger partial charge >= 0.3 is 0 Å². The zero-order chi connectivity index (χ0) is 17.9. The molecule has 0 spiro atoms. The molecule has 3 heterocycles. The average molecular weight is 357 g/mol. The Balaban J connectivity index is 1.44. The number of nitrogens with one attached hydrogen (secondary N) is 1. The van der Waals surface area contributed by atoms with Gasteiger partial charge in [0, 0.05) is 31.3 Å². The third kappa shape index (κ3) is 3.20. The summed E-state index contributed by atoms with van der Waals surface area (Å²) in [5, 5.41) is 7.33. The fraction of sp³-hybridized carbons (Fsp3) is 0.474. The monoisotopic (exact) mass is 357 g/mol. The number of ether oxygens (including phenoxy) is 3. The molecule has 7 nitrogen and oxygen atoms in total. The number of carbonyl (C=O) groups excluding carboxylic acids is 1. The molecule has 2 aromatic rings. The molecular weight excluding hydrogens is 334 g/mol. The maximum Gasteiger partial charge on any atom is 0.272 e. The molecule has 0 saturated carbocycles. The summed E-state index contributed by atoms with van der Waals surface area (Å²) in [7, 11) is 1.66. The normalized spacial score (nSPS) is 16.7. The summed E-state index contributed by atoms with van der Waals surface area (Å²) >= 11 is 0. The van der Waals surface area contributed by atoms with Gasteiger partial charge in [0.15, 0.2) is 0 Å². The van der Waals surface area contributed by atoms with Gasteiger partial charge in [0.1, 0.15) is 23.7 Å². The Morgan fingerprint density at radius 1 is 1.31 bits per heavy atom. The summed E-state index contributed by atoms with van der Waals surface area (Å²) in [6.45, 7) is 2.92. The summed E-state index contributed by atoms with van der Waals surface area (Å²) in [5.74, 6) is 0.789. The molecule has 1 fully saturated rings. The molecule has 0 unspecified atom stereocenters. The summed E-state index contributed by atoms with van der Waals surface area (Å²) < 4.78 is 16.6. The molecule has 1 aromatic carbocycles. The van der Waals surface area contributed by atoms with Gasteiger partial charge in [-0.15, -0.1) is 0 Å². The van der Waals surface area contributed by atoms with Crippen LogP contribution in [0.2, 0.25) is 0 Å². The van der Waals surface area contributed by atoms with Gasteiger partial charge in [-0.3, -0.25) is 9.89 Å². The summed E-state index contributed by atoms with van der Waals surface area (Å²) in [5.41, 5.74) is 3.11. The molecule has 0 radical (unpaired) electrons. The van der Waals surface area contributed by atoms with Crippen molar-refractivity contribution in [2.24, 2.45) is 0 Å². The van der Waals surface area contributed by atoms with Gasteiger partial charge in [0.2, 0.25) is 0 Å². The number of rotatable bonds is 5. The standard InChI is InChI=1S/C19H23N3O4/c1-24-10-11-25-13-6-8-22(9-7-13)19(23)18-15-12-26-16-5-3-2-4-14(16)17(15)20-21-18/h2-5,13H,6-12H2,1H3,(H,20,21). The molecule has 1 aromatic heterocycles. The lowest BCUT2D eigenvalue weighted by Crippen LogP contribution is -2.41. The van der Waals surface area contributed by atoms with E-state index in [0.29, 0.717) is 38.6 Å². The first-order valence-electron chi connectivity index (χ1n) is 8.97. The second-order valence-electron chi connectivity index (χ2n) is 6.57. The highest BCUT2D eigenvalue weighted by Crippen LogP contribution is 2.37. The molecule has 1 saturated heterocycles. The van der Waals surface area contributed by atoms with Crippen LogP contribution in [0.15, 0.2) is 24.3 Å². The molecule has 1 N–H and O–H groups in total. The van der Waals surface area contributed by atoms with Gasteiger partial charge in [0.25, 0.3) is 5.91 Å². The molecule has 2 aliphatic heterocycles. The number of para-hydroxylation sites is 1.